The Balaban J connectivity index is 3.35. The highest BCUT2D eigenvalue weighted by atomic mass is 35.7. The van der Waals surface area contributed by atoms with E-state index in [9.17, 15) is 8.42 Å². The van der Waals surface area contributed by atoms with E-state index in [0.717, 1.165) is 6.07 Å². The van der Waals surface area contributed by atoms with Crippen LogP contribution in [-0.2, 0) is 15.7 Å². The monoisotopic (exact) mass is 250 g/mol. The molecule has 0 radical (unpaired) electrons. The van der Waals surface area contributed by atoms with E-state index in [4.69, 9.17) is 25.8 Å². The number of rotatable bonds is 3. The molecule has 8 heteroatoms. The Bertz CT molecular complexity index is 458. The normalized spacial score (nSPS) is 11.5. The van der Waals surface area contributed by atoms with Gasteiger partial charge in [0.25, 0.3) is 9.05 Å². The minimum atomic E-state index is -3.92. The van der Waals surface area contributed by atoms with Gasteiger partial charge in [-0.3, -0.25) is 0 Å². The van der Waals surface area contributed by atoms with Gasteiger partial charge in [0.05, 0.1) is 11.5 Å². The lowest BCUT2D eigenvalue weighted by molar-refractivity contribution is 0.282. The van der Waals surface area contributed by atoms with Crippen LogP contribution in [0.3, 0.4) is 0 Å². The van der Waals surface area contributed by atoms with Gasteiger partial charge >= 0.3 is 7.12 Å². The van der Waals surface area contributed by atoms with E-state index in [2.05, 4.69) is 0 Å². The topological polar surface area (TPSA) is 94.8 Å². The number of aliphatic hydroxyl groups excluding tert-OH is 1. The maximum atomic E-state index is 10.9. The highest BCUT2D eigenvalue weighted by Gasteiger charge is 2.19. The summed E-state index contributed by atoms with van der Waals surface area (Å²) in [5, 5.41) is 26.7. The summed E-state index contributed by atoms with van der Waals surface area (Å²) in [6.45, 7) is -0.421. The van der Waals surface area contributed by atoms with Crippen molar-refractivity contribution in [2.24, 2.45) is 0 Å². The fourth-order valence-electron chi connectivity index (χ4n) is 1.11. The van der Waals surface area contributed by atoms with Crippen LogP contribution in [0.4, 0.5) is 0 Å². The van der Waals surface area contributed by atoms with Gasteiger partial charge in [-0.15, -0.1) is 0 Å². The molecule has 0 heterocycles. The summed E-state index contributed by atoms with van der Waals surface area (Å²) in [6.07, 6.45) is 0. The van der Waals surface area contributed by atoms with Crippen LogP contribution in [0.25, 0.3) is 0 Å². The van der Waals surface area contributed by atoms with Crippen LogP contribution in [0.5, 0.6) is 0 Å². The molecule has 0 atom stereocenters. The summed E-state index contributed by atoms with van der Waals surface area (Å²) >= 11 is 0. The van der Waals surface area contributed by atoms with Crippen molar-refractivity contribution < 1.29 is 23.6 Å². The van der Waals surface area contributed by atoms with Crippen molar-refractivity contribution in [2.45, 2.75) is 11.5 Å². The van der Waals surface area contributed by atoms with Crippen molar-refractivity contribution in [1.29, 1.82) is 0 Å². The molecule has 15 heavy (non-hydrogen) atoms. The zero-order valence-electron chi connectivity index (χ0n) is 7.46. The Hall–Kier alpha value is -0.595. The van der Waals surface area contributed by atoms with Crippen LogP contribution >= 0.6 is 10.7 Å². The first-order valence-electron chi connectivity index (χ1n) is 3.90. The van der Waals surface area contributed by atoms with E-state index in [1.54, 1.807) is 0 Å². The van der Waals surface area contributed by atoms with Gasteiger partial charge in [0, 0.05) is 10.7 Å². The largest absolute Gasteiger partial charge is 0.488 e. The third-order valence-electron chi connectivity index (χ3n) is 1.85. The van der Waals surface area contributed by atoms with Crippen molar-refractivity contribution >= 4 is 32.3 Å². The van der Waals surface area contributed by atoms with E-state index in [1.807, 2.05) is 0 Å². The highest BCUT2D eigenvalue weighted by molar-refractivity contribution is 8.13. The third kappa shape index (κ3) is 2.93. The van der Waals surface area contributed by atoms with Gasteiger partial charge in [0.2, 0.25) is 0 Å². The second-order valence-electron chi connectivity index (χ2n) is 2.83. The van der Waals surface area contributed by atoms with Crippen LogP contribution < -0.4 is 5.46 Å². The van der Waals surface area contributed by atoms with E-state index in [-0.39, 0.29) is 15.9 Å². The summed E-state index contributed by atoms with van der Waals surface area (Å²) in [4.78, 5) is -0.246. The molecule has 0 spiro atoms. The van der Waals surface area contributed by atoms with Crippen molar-refractivity contribution in [3.8, 4) is 0 Å². The van der Waals surface area contributed by atoms with E-state index in [0.29, 0.717) is 0 Å². The number of halogens is 1. The average molecular weight is 250 g/mol. The number of aliphatic hydroxyl groups is 1. The summed E-state index contributed by atoms with van der Waals surface area (Å²) in [6, 6.07) is 3.46. The molecule has 1 rings (SSSR count). The predicted molar refractivity (Wildman–Crippen MR) is 55.2 cm³/mol. The Morgan fingerprint density at radius 3 is 2.33 bits per heavy atom. The average Bonchev–Trinajstić information content (AvgIpc) is 2.15. The second-order valence-corrected chi connectivity index (χ2v) is 5.40. The quantitative estimate of drug-likeness (QED) is 0.462. The van der Waals surface area contributed by atoms with Crippen LogP contribution in [0, 0.1) is 0 Å². The maximum absolute atomic E-state index is 10.9. The van der Waals surface area contributed by atoms with Gasteiger partial charge < -0.3 is 15.2 Å². The molecule has 1 aromatic carbocycles. The Kier molecular flexibility index (Phi) is 3.74. The van der Waals surface area contributed by atoms with Crippen molar-refractivity contribution in [1.82, 2.24) is 0 Å². The highest BCUT2D eigenvalue weighted by Crippen LogP contribution is 2.14. The first-order valence-corrected chi connectivity index (χ1v) is 6.21. The molecule has 0 amide bonds. The molecule has 1 aromatic rings. The second kappa shape index (κ2) is 4.50. The summed E-state index contributed by atoms with van der Waals surface area (Å²) in [5.41, 5.74) is 0.147. The first kappa shape index (κ1) is 12.5. The summed E-state index contributed by atoms with van der Waals surface area (Å²) in [5.74, 6) is 0. The lowest BCUT2D eigenvalue weighted by Gasteiger charge is -2.07. The van der Waals surface area contributed by atoms with Crippen molar-refractivity contribution in [3.05, 3.63) is 23.8 Å². The molecule has 0 bridgehead atoms. The van der Waals surface area contributed by atoms with E-state index < -0.39 is 22.8 Å². The molecule has 0 aliphatic carbocycles. The Morgan fingerprint density at radius 2 is 1.93 bits per heavy atom. The van der Waals surface area contributed by atoms with E-state index >= 15 is 0 Å². The minimum Gasteiger partial charge on any atom is -0.423 e. The van der Waals surface area contributed by atoms with Gasteiger partial charge in [-0.1, -0.05) is 6.07 Å². The van der Waals surface area contributed by atoms with Gasteiger partial charge in [-0.05, 0) is 23.2 Å². The zero-order chi connectivity index (χ0) is 11.6. The molecule has 0 aliphatic rings. The molecular weight excluding hydrogens is 242 g/mol. The molecule has 0 saturated heterocycles. The number of benzene rings is 1. The van der Waals surface area contributed by atoms with Crippen LogP contribution in [0.2, 0.25) is 0 Å². The molecule has 5 nitrogen and oxygen atoms in total. The predicted octanol–water partition coefficient (Wildman–Crippen LogP) is -1.21. The zero-order valence-corrected chi connectivity index (χ0v) is 9.03. The number of hydrogen-bond acceptors (Lipinski definition) is 5. The fraction of sp³-hybridized carbons (Fsp3) is 0.143. The molecule has 3 N–H and O–H groups in total. The fourth-order valence-corrected chi connectivity index (χ4v) is 1.90. The third-order valence-corrected chi connectivity index (χ3v) is 3.20. The lowest BCUT2D eigenvalue weighted by Crippen LogP contribution is -2.33. The maximum Gasteiger partial charge on any atom is 0.488 e. The summed E-state index contributed by atoms with van der Waals surface area (Å²) in [7, 11) is -0.694. The first-order chi connectivity index (χ1) is 6.86. The molecule has 0 unspecified atom stereocenters. The van der Waals surface area contributed by atoms with Crippen molar-refractivity contribution in [2.75, 3.05) is 0 Å². The molecule has 0 aliphatic heterocycles. The molecular formula is C7H8BClO5S. The molecule has 0 fully saturated rings. The Labute approximate surface area is 91.5 Å². The van der Waals surface area contributed by atoms with Crippen LogP contribution in [-0.4, -0.2) is 30.7 Å². The van der Waals surface area contributed by atoms with E-state index in [1.165, 1.54) is 12.1 Å². The smallest absolute Gasteiger partial charge is 0.423 e. The number of hydrogen-bond donors (Lipinski definition) is 3. The molecule has 82 valence electrons. The Morgan fingerprint density at radius 1 is 1.33 bits per heavy atom. The standard InChI is InChI=1S/C7H8BClO5S/c9-15(13,14)6-2-1-5(4-10)7(3-6)8(11)12/h1-3,10-12H,4H2. The molecule has 0 aromatic heterocycles. The van der Waals surface area contributed by atoms with Crippen LogP contribution in [0.1, 0.15) is 5.56 Å². The van der Waals surface area contributed by atoms with Crippen molar-refractivity contribution in [3.63, 3.8) is 0 Å². The SMILES string of the molecule is O=S(=O)(Cl)c1ccc(CO)c(B(O)O)c1. The van der Waals surface area contributed by atoms with Gasteiger partial charge in [0.15, 0.2) is 0 Å². The lowest BCUT2D eigenvalue weighted by atomic mass is 9.77. The van der Waals surface area contributed by atoms with Crippen LogP contribution in [0.15, 0.2) is 23.1 Å². The molecule has 0 saturated carbocycles. The summed E-state index contributed by atoms with van der Waals surface area (Å²) < 4.78 is 21.9. The minimum absolute atomic E-state index is 0.0841. The van der Waals surface area contributed by atoms with Gasteiger partial charge in [-0.25, -0.2) is 8.42 Å². The van der Waals surface area contributed by atoms with Gasteiger partial charge in [0.1, 0.15) is 0 Å². The van der Waals surface area contributed by atoms with Gasteiger partial charge in [-0.2, -0.15) is 0 Å².